The molecule has 0 aliphatic heterocycles. The van der Waals surface area contributed by atoms with Gasteiger partial charge in [-0.3, -0.25) is 15.5 Å². The summed E-state index contributed by atoms with van der Waals surface area (Å²) in [7, 11) is 0. The van der Waals surface area contributed by atoms with E-state index < -0.39 is 4.92 Å². The average Bonchev–Trinajstić information content (AvgIpc) is 2.88. The van der Waals surface area contributed by atoms with Gasteiger partial charge in [0, 0.05) is 0 Å². The second-order valence-electron chi connectivity index (χ2n) is 4.25. The van der Waals surface area contributed by atoms with Gasteiger partial charge in [0.15, 0.2) is 0 Å². The van der Waals surface area contributed by atoms with Gasteiger partial charge >= 0.3 is 5.69 Å². The molecule has 0 atom stereocenters. The minimum atomic E-state index is -0.565. The van der Waals surface area contributed by atoms with Gasteiger partial charge in [-0.2, -0.15) is 4.98 Å². The average molecular weight is 253 g/mol. The molecule has 0 unspecified atom stereocenters. The molecule has 1 aromatic rings. The van der Waals surface area contributed by atoms with Crippen LogP contribution in [0.2, 0.25) is 0 Å². The molecule has 1 heterocycles. The van der Waals surface area contributed by atoms with Crippen molar-refractivity contribution in [3.8, 4) is 5.88 Å². The normalized spacial score (nSPS) is 15.6. The van der Waals surface area contributed by atoms with E-state index in [0.29, 0.717) is 12.5 Å². The lowest BCUT2D eigenvalue weighted by Crippen LogP contribution is -2.14. The maximum Gasteiger partial charge on any atom is 0.349 e. The van der Waals surface area contributed by atoms with Crippen molar-refractivity contribution >= 4 is 11.6 Å². The van der Waals surface area contributed by atoms with Gasteiger partial charge in [-0.1, -0.05) is 12.8 Å². The Morgan fingerprint density at radius 3 is 2.89 bits per heavy atom. The van der Waals surface area contributed by atoms with Crippen LogP contribution in [0.15, 0.2) is 6.20 Å². The van der Waals surface area contributed by atoms with Crippen LogP contribution in [-0.4, -0.2) is 21.5 Å². The van der Waals surface area contributed by atoms with Gasteiger partial charge < -0.3 is 4.74 Å². The van der Waals surface area contributed by atoms with Crippen LogP contribution >= 0.6 is 0 Å². The van der Waals surface area contributed by atoms with Crippen LogP contribution in [0.5, 0.6) is 5.88 Å². The van der Waals surface area contributed by atoms with Crippen LogP contribution in [0.4, 0.5) is 11.6 Å². The number of nitrogens with one attached hydrogen (secondary N) is 1. The highest BCUT2D eigenvalue weighted by atomic mass is 16.6. The van der Waals surface area contributed by atoms with E-state index in [2.05, 4.69) is 15.4 Å². The lowest BCUT2D eigenvalue weighted by Gasteiger charge is -2.10. The first-order chi connectivity index (χ1) is 8.70. The molecule has 3 N–H and O–H groups in total. The van der Waals surface area contributed by atoms with E-state index in [1.165, 1.54) is 12.8 Å². The van der Waals surface area contributed by atoms with Crippen molar-refractivity contribution in [3.05, 3.63) is 16.3 Å². The number of nitro groups is 1. The van der Waals surface area contributed by atoms with Gasteiger partial charge in [-0.25, -0.2) is 10.8 Å². The summed E-state index contributed by atoms with van der Waals surface area (Å²) >= 11 is 0. The Labute approximate surface area is 104 Å². The van der Waals surface area contributed by atoms with Crippen molar-refractivity contribution in [2.24, 2.45) is 11.8 Å². The van der Waals surface area contributed by atoms with Crippen LogP contribution < -0.4 is 16.0 Å². The Kier molecular flexibility index (Phi) is 3.88. The quantitative estimate of drug-likeness (QED) is 0.460. The molecule has 8 nitrogen and oxygen atoms in total. The molecule has 1 aromatic heterocycles. The van der Waals surface area contributed by atoms with E-state index in [9.17, 15) is 10.1 Å². The second-order valence-corrected chi connectivity index (χ2v) is 4.25. The molecular weight excluding hydrogens is 238 g/mol. The van der Waals surface area contributed by atoms with Gasteiger partial charge in [-0.15, -0.1) is 0 Å². The zero-order valence-corrected chi connectivity index (χ0v) is 9.83. The third kappa shape index (κ3) is 2.83. The van der Waals surface area contributed by atoms with E-state index in [1.807, 2.05) is 0 Å². The molecule has 0 spiro atoms. The molecule has 0 aromatic carbocycles. The van der Waals surface area contributed by atoms with E-state index >= 15 is 0 Å². The van der Waals surface area contributed by atoms with Gasteiger partial charge in [-0.05, 0) is 18.8 Å². The second kappa shape index (κ2) is 5.58. The number of rotatable bonds is 5. The molecule has 0 radical (unpaired) electrons. The molecule has 2 rings (SSSR count). The summed E-state index contributed by atoms with van der Waals surface area (Å²) in [5, 5.41) is 10.8. The number of hydrogen-bond acceptors (Lipinski definition) is 7. The number of nitrogen functional groups attached to an aromatic ring is 1. The maximum atomic E-state index is 10.8. The number of ether oxygens (including phenoxy) is 1. The fourth-order valence-corrected chi connectivity index (χ4v) is 2.03. The topological polar surface area (TPSA) is 116 Å². The first kappa shape index (κ1) is 12.5. The smallest absolute Gasteiger partial charge is 0.349 e. The zero-order valence-electron chi connectivity index (χ0n) is 9.83. The van der Waals surface area contributed by atoms with Crippen molar-refractivity contribution in [2.75, 3.05) is 12.0 Å². The number of hydrogen-bond donors (Lipinski definition) is 2. The highest BCUT2D eigenvalue weighted by molar-refractivity contribution is 5.42. The zero-order chi connectivity index (χ0) is 13.0. The summed E-state index contributed by atoms with van der Waals surface area (Å²) in [4.78, 5) is 17.8. The Balaban J connectivity index is 2.10. The Morgan fingerprint density at radius 2 is 2.28 bits per heavy atom. The van der Waals surface area contributed by atoms with Gasteiger partial charge in [0.1, 0.15) is 6.20 Å². The number of nitrogens with two attached hydrogens (primary N) is 1. The molecule has 98 valence electrons. The molecule has 0 saturated heterocycles. The number of hydrazine groups is 1. The minimum Gasteiger partial charge on any atom is -0.472 e. The summed E-state index contributed by atoms with van der Waals surface area (Å²) < 4.78 is 5.44. The number of aromatic nitrogens is 2. The van der Waals surface area contributed by atoms with E-state index in [1.54, 1.807) is 0 Å². The van der Waals surface area contributed by atoms with Crippen LogP contribution in [0.25, 0.3) is 0 Å². The fourth-order valence-electron chi connectivity index (χ4n) is 2.03. The van der Waals surface area contributed by atoms with Crippen molar-refractivity contribution in [3.63, 3.8) is 0 Å². The summed E-state index contributed by atoms with van der Waals surface area (Å²) in [6.45, 7) is 0.446. The van der Waals surface area contributed by atoms with Gasteiger partial charge in [0.05, 0.1) is 11.5 Å². The first-order valence-corrected chi connectivity index (χ1v) is 5.81. The molecule has 0 amide bonds. The lowest BCUT2D eigenvalue weighted by atomic mass is 10.1. The van der Waals surface area contributed by atoms with Crippen LogP contribution in [0, 0.1) is 16.0 Å². The van der Waals surface area contributed by atoms with Crippen molar-refractivity contribution in [1.29, 1.82) is 0 Å². The summed E-state index contributed by atoms with van der Waals surface area (Å²) in [6.07, 6.45) is 5.67. The van der Waals surface area contributed by atoms with Gasteiger partial charge in [0.2, 0.25) is 5.95 Å². The number of nitrogens with zero attached hydrogens (tertiary/aromatic N) is 3. The fraction of sp³-hybridized carbons (Fsp3) is 0.600. The van der Waals surface area contributed by atoms with Crippen molar-refractivity contribution in [1.82, 2.24) is 9.97 Å². The molecule has 1 aliphatic carbocycles. The van der Waals surface area contributed by atoms with Crippen molar-refractivity contribution < 1.29 is 9.66 Å². The van der Waals surface area contributed by atoms with Crippen LogP contribution in [0.1, 0.15) is 25.7 Å². The Bertz CT molecular complexity index is 434. The van der Waals surface area contributed by atoms with Gasteiger partial charge in [0.25, 0.3) is 5.88 Å². The summed E-state index contributed by atoms with van der Waals surface area (Å²) in [5.41, 5.74) is 1.99. The largest absolute Gasteiger partial charge is 0.472 e. The molecule has 0 bridgehead atoms. The molecule has 18 heavy (non-hydrogen) atoms. The predicted molar refractivity (Wildman–Crippen MR) is 63.9 cm³/mol. The number of anilines is 1. The van der Waals surface area contributed by atoms with E-state index in [0.717, 1.165) is 19.0 Å². The molecule has 1 saturated carbocycles. The Morgan fingerprint density at radius 1 is 1.56 bits per heavy atom. The third-order valence-corrected chi connectivity index (χ3v) is 2.99. The minimum absolute atomic E-state index is 0.0325. The molecular formula is C10H15N5O3. The van der Waals surface area contributed by atoms with Crippen molar-refractivity contribution in [2.45, 2.75) is 25.7 Å². The van der Waals surface area contributed by atoms with E-state index in [-0.39, 0.29) is 17.5 Å². The maximum absolute atomic E-state index is 10.8. The van der Waals surface area contributed by atoms with E-state index in [4.69, 9.17) is 10.6 Å². The summed E-state index contributed by atoms with van der Waals surface area (Å²) in [6, 6.07) is 0. The molecule has 8 heteroatoms. The standard InChI is InChI=1S/C10H15N5O3/c11-14-10-12-5-8(15(16)17)9(13-10)18-6-7-3-1-2-4-7/h5,7H,1-4,6,11H2,(H,12,13,14). The SMILES string of the molecule is NNc1ncc([N+](=O)[O-])c(OCC2CCCC2)n1. The Hall–Kier alpha value is -1.96. The molecule has 1 aliphatic rings. The highest BCUT2D eigenvalue weighted by Crippen LogP contribution is 2.28. The highest BCUT2D eigenvalue weighted by Gasteiger charge is 2.21. The lowest BCUT2D eigenvalue weighted by molar-refractivity contribution is -0.386. The third-order valence-electron chi connectivity index (χ3n) is 2.99. The summed E-state index contributed by atoms with van der Waals surface area (Å²) in [5.74, 6) is 5.68. The van der Waals surface area contributed by atoms with Crippen LogP contribution in [-0.2, 0) is 0 Å². The van der Waals surface area contributed by atoms with Crippen LogP contribution in [0.3, 0.4) is 0 Å². The predicted octanol–water partition coefficient (Wildman–Crippen LogP) is 1.24. The first-order valence-electron chi connectivity index (χ1n) is 5.81. The monoisotopic (exact) mass is 253 g/mol. The molecule has 1 fully saturated rings.